The molecular weight excluding hydrogens is 687 g/mol. The first-order valence-corrected chi connectivity index (χ1v) is 17.6. The topological polar surface area (TPSA) is 140 Å². The number of piperazine rings is 1. The largest absolute Gasteiger partial charge is 0.490 e. The molecule has 2 aliphatic heterocycles. The first-order valence-electron chi connectivity index (χ1n) is 16.7. The molecular formula is C36H40F3N5O6S. The minimum Gasteiger partial charge on any atom is -0.490 e. The minimum absolute atomic E-state index is 0.00919. The number of carbonyl (C=O) groups excluding carboxylic acids is 2. The van der Waals surface area contributed by atoms with E-state index in [9.17, 15) is 33.0 Å². The lowest BCUT2D eigenvalue weighted by molar-refractivity contribution is -0.143. The van der Waals surface area contributed by atoms with Gasteiger partial charge >= 0.3 is 6.18 Å². The zero-order chi connectivity index (χ0) is 36.0. The van der Waals surface area contributed by atoms with E-state index in [-0.39, 0.29) is 38.6 Å². The number of halogens is 3. The van der Waals surface area contributed by atoms with Crippen LogP contribution < -0.4 is 15.4 Å². The molecule has 0 aliphatic carbocycles. The second-order valence-corrected chi connectivity index (χ2v) is 13.9. The Kier molecular flexibility index (Phi) is 11.7. The lowest BCUT2D eigenvalue weighted by Gasteiger charge is -2.41. The van der Waals surface area contributed by atoms with Crippen LogP contribution in [0.15, 0.2) is 82.7 Å². The highest BCUT2D eigenvalue weighted by Crippen LogP contribution is 2.33. The number of nitrogens with one attached hydrogen (secondary N) is 2. The van der Waals surface area contributed by atoms with Gasteiger partial charge in [-0.05, 0) is 54.6 Å². The molecule has 0 bridgehead atoms. The smallest absolute Gasteiger partial charge is 0.405 e. The van der Waals surface area contributed by atoms with Gasteiger partial charge in [0.2, 0.25) is 11.8 Å². The Balaban J connectivity index is 1.13. The second kappa shape index (κ2) is 16.4. The van der Waals surface area contributed by atoms with Crippen LogP contribution in [0.2, 0.25) is 0 Å². The summed E-state index contributed by atoms with van der Waals surface area (Å²) in [7, 11) is 0. The van der Waals surface area contributed by atoms with Gasteiger partial charge in [0.25, 0.3) is 0 Å². The third-order valence-electron chi connectivity index (χ3n) is 9.05. The first-order chi connectivity index (χ1) is 24.5. The molecule has 0 unspecified atom stereocenters. The van der Waals surface area contributed by atoms with Crippen LogP contribution in [0.5, 0.6) is 5.75 Å². The maximum absolute atomic E-state index is 13.8. The van der Waals surface area contributed by atoms with Crippen molar-refractivity contribution >= 4 is 23.2 Å². The summed E-state index contributed by atoms with van der Waals surface area (Å²) in [6.07, 6.45) is -4.67. The van der Waals surface area contributed by atoms with Crippen LogP contribution in [0.3, 0.4) is 0 Å². The van der Waals surface area contributed by atoms with Gasteiger partial charge in [0, 0.05) is 48.7 Å². The lowest BCUT2D eigenvalue weighted by Crippen LogP contribution is -2.60. The number of alkyl halides is 3. The number of amides is 2. The van der Waals surface area contributed by atoms with Crippen LogP contribution in [0.4, 0.5) is 13.2 Å². The number of pyridine rings is 1. The molecule has 0 spiro atoms. The fourth-order valence-corrected chi connectivity index (χ4v) is 7.33. The number of ether oxygens (including phenoxy) is 1. The van der Waals surface area contributed by atoms with Crippen molar-refractivity contribution in [2.24, 2.45) is 5.92 Å². The predicted molar refractivity (Wildman–Crippen MR) is 183 cm³/mol. The van der Waals surface area contributed by atoms with Gasteiger partial charge in [0.1, 0.15) is 42.5 Å². The number of nitrogens with zero attached hydrogens (tertiary/aromatic N) is 3. The maximum atomic E-state index is 13.8. The summed E-state index contributed by atoms with van der Waals surface area (Å²) in [6.45, 7) is -0.368. The molecule has 6 rings (SSSR count). The van der Waals surface area contributed by atoms with Gasteiger partial charge in [0.15, 0.2) is 5.76 Å². The number of rotatable bonds is 13. The highest BCUT2D eigenvalue weighted by molar-refractivity contribution is 7.09. The van der Waals surface area contributed by atoms with Gasteiger partial charge in [-0.2, -0.15) is 13.2 Å². The third kappa shape index (κ3) is 9.74. The fourth-order valence-electron chi connectivity index (χ4n) is 6.54. The molecule has 1 fully saturated rings. The summed E-state index contributed by atoms with van der Waals surface area (Å²) < 4.78 is 50.9. The monoisotopic (exact) mass is 727 g/mol. The number of aromatic nitrogens is 1. The fraction of sp³-hybridized carbons (Fsp3) is 0.417. The summed E-state index contributed by atoms with van der Waals surface area (Å²) in [4.78, 5) is 35.9. The quantitative estimate of drug-likeness (QED) is 0.162. The average Bonchev–Trinajstić information content (AvgIpc) is 3.81. The molecule has 3 aromatic heterocycles. The molecule has 4 N–H and O–H groups in total. The van der Waals surface area contributed by atoms with Crippen molar-refractivity contribution in [3.8, 4) is 17.2 Å². The Morgan fingerprint density at radius 1 is 1.06 bits per heavy atom. The summed E-state index contributed by atoms with van der Waals surface area (Å²) in [5.41, 5.74) is 1.31. The molecule has 4 aromatic rings. The van der Waals surface area contributed by atoms with Crippen molar-refractivity contribution in [3.05, 3.63) is 94.5 Å². The number of thiophene rings is 1. The van der Waals surface area contributed by atoms with E-state index >= 15 is 0 Å². The molecule has 0 radical (unpaired) electrons. The van der Waals surface area contributed by atoms with Gasteiger partial charge in [-0.3, -0.25) is 24.4 Å². The van der Waals surface area contributed by atoms with E-state index in [0.717, 1.165) is 4.88 Å². The number of fused-ring (bicyclic) bond motifs is 1. The summed E-state index contributed by atoms with van der Waals surface area (Å²) >= 11 is 1.48. The zero-order valence-electron chi connectivity index (χ0n) is 27.7. The number of hydrogen-bond acceptors (Lipinski definition) is 10. The number of β-amino-alcohol motifs (C(OH)–C–C–N with tert-alkyl or cyclic N) is 1. The van der Waals surface area contributed by atoms with Gasteiger partial charge < -0.3 is 30.0 Å². The predicted octanol–water partition coefficient (Wildman–Crippen LogP) is 3.79. The number of furan rings is 1. The van der Waals surface area contributed by atoms with Crippen LogP contribution in [0, 0.1) is 5.92 Å². The third-order valence-corrected chi connectivity index (χ3v) is 9.94. The number of carbonyl (C=O) groups is 2. The molecule has 2 aliphatic rings. The zero-order valence-corrected chi connectivity index (χ0v) is 28.5. The van der Waals surface area contributed by atoms with E-state index in [1.165, 1.54) is 11.3 Å². The molecule has 272 valence electrons. The van der Waals surface area contributed by atoms with Gasteiger partial charge in [0.05, 0.1) is 18.7 Å². The van der Waals surface area contributed by atoms with Crippen molar-refractivity contribution in [1.82, 2.24) is 25.4 Å². The van der Waals surface area contributed by atoms with E-state index in [4.69, 9.17) is 9.15 Å². The van der Waals surface area contributed by atoms with Crippen LogP contribution in [0.1, 0.15) is 28.7 Å². The highest BCUT2D eigenvalue weighted by atomic mass is 32.1. The van der Waals surface area contributed by atoms with Crippen molar-refractivity contribution in [1.29, 1.82) is 0 Å². The van der Waals surface area contributed by atoms with E-state index in [2.05, 4.69) is 10.3 Å². The van der Waals surface area contributed by atoms with E-state index in [1.807, 2.05) is 39.9 Å². The Morgan fingerprint density at radius 2 is 1.88 bits per heavy atom. The average molecular weight is 728 g/mol. The standard InChI is InChI=1S/C36H40F3N5O6S/c37-36(38,39)22-41-35(48)29-20-43(19-25-10-11-32(50-25)28-8-3-4-12-40-28)13-14-44(29)18-24(45)16-23(17-26-6-5-15-51-26)34(47)42-33-27-7-1-2-9-31(27)49-21-30(33)46/h1-12,15,23-24,29-30,33,45-46H,13-14,16-22H2,(H,41,48)(H,42,47)/t23-,24+,29+,30-,33+/m1/s1. The van der Waals surface area contributed by atoms with Crippen LogP contribution in [-0.2, 0) is 22.6 Å². The number of aliphatic hydroxyl groups is 2. The lowest BCUT2D eigenvalue weighted by atomic mass is 9.93. The highest BCUT2D eigenvalue weighted by Gasteiger charge is 2.38. The van der Waals surface area contributed by atoms with E-state index in [1.54, 1.807) is 53.6 Å². The molecule has 5 heterocycles. The van der Waals surface area contributed by atoms with Crippen molar-refractivity contribution in [3.63, 3.8) is 0 Å². The first kappa shape index (κ1) is 36.5. The number of hydrogen-bond donors (Lipinski definition) is 4. The Hall–Kier alpha value is -4.28. The summed E-state index contributed by atoms with van der Waals surface area (Å²) in [5, 5.41) is 29.0. The summed E-state index contributed by atoms with van der Waals surface area (Å²) in [5.74, 6) is -0.125. The number of para-hydroxylation sites is 1. The molecule has 11 nitrogen and oxygen atoms in total. The second-order valence-electron chi connectivity index (χ2n) is 12.8. The van der Waals surface area contributed by atoms with Gasteiger partial charge in [-0.1, -0.05) is 30.3 Å². The maximum Gasteiger partial charge on any atom is 0.405 e. The van der Waals surface area contributed by atoms with Crippen LogP contribution in [-0.4, -0.2) is 101 Å². The molecule has 51 heavy (non-hydrogen) atoms. The normalized spacial score (nSPS) is 20.9. The van der Waals surface area contributed by atoms with Crippen molar-refractivity contribution in [2.45, 2.75) is 49.9 Å². The van der Waals surface area contributed by atoms with Gasteiger partial charge in [-0.25, -0.2) is 0 Å². The summed E-state index contributed by atoms with van der Waals surface area (Å²) in [6, 6.07) is 18.2. The Bertz CT molecular complexity index is 1740. The van der Waals surface area contributed by atoms with E-state index < -0.39 is 48.8 Å². The van der Waals surface area contributed by atoms with Crippen molar-refractivity contribution < 1.29 is 42.1 Å². The van der Waals surface area contributed by atoms with E-state index in [0.29, 0.717) is 48.0 Å². The molecule has 0 saturated carbocycles. The molecule has 5 atom stereocenters. The molecule has 2 amide bonds. The molecule has 15 heteroatoms. The van der Waals surface area contributed by atoms with Crippen molar-refractivity contribution in [2.75, 3.05) is 39.3 Å². The Labute approximate surface area is 297 Å². The van der Waals surface area contributed by atoms with Crippen LogP contribution >= 0.6 is 11.3 Å². The van der Waals surface area contributed by atoms with Crippen LogP contribution in [0.25, 0.3) is 11.5 Å². The Morgan fingerprint density at radius 3 is 2.65 bits per heavy atom. The molecule has 1 saturated heterocycles. The SMILES string of the molecule is O=C(N[C@H]1c2ccccc2OC[C@H]1O)[C@@H](Cc1cccs1)C[C@H](O)CN1CCN(Cc2ccc(-c3ccccn3)o2)C[C@H]1C(=O)NCC(F)(F)F. The number of aliphatic hydroxyl groups excluding tert-OH is 2. The van der Waals surface area contributed by atoms with Gasteiger partial charge in [-0.15, -0.1) is 11.3 Å². The minimum atomic E-state index is -4.59. The molecule has 1 aromatic carbocycles. The number of benzene rings is 1.